The molecular weight excluding hydrogens is 416 g/mol. The van der Waals surface area contributed by atoms with E-state index in [0.29, 0.717) is 24.0 Å². The number of hydrogen-bond acceptors (Lipinski definition) is 6. The minimum absolute atomic E-state index is 0.00338. The second-order valence-corrected chi connectivity index (χ2v) is 7.83. The molecule has 166 valence electrons. The normalized spacial score (nSPS) is 16.0. The van der Waals surface area contributed by atoms with Gasteiger partial charge in [0.25, 0.3) is 0 Å². The number of carbonyl (C=O) groups is 1. The van der Waals surface area contributed by atoms with Gasteiger partial charge >= 0.3 is 0 Å². The van der Waals surface area contributed by atoms with Gasteiger partial charge in [-0.3, -0.25) is 9.20 Å². The van der Waals surface area contributed by atoms with E-state index in [-0.39, 0.29) is 11.9 Å². The van der Waals surface area contributed by atoms with Gasteiger partial charge in [0.05, 0.1) is 6.04 Å². The molecular formula is C25H24N6O2. The molecule has 0 unspecified atom stereocenters. The van der Waals surface area contributed by atoms with Crippen molar-refractivity contribution < 1.29 is 9.53 Å². The van der Waals surface area contributed by atoms with E-state index in [4.69, 9.17) is 15.5 Å². The summed E-state index contributed by atoms with van der Waals surface area (Å²) in [6.07, 6.45) is 10.3. The Hall–Kier alpha value is -4.20. The van der Waals surface area contributed by atoms with Crippen LogP contribution in [-0.2, 0) is 4.79 Å². The summed E-state index contributed by atoms with van der Waals surface area (Å²) in [4.78, 5) is 28.0. The Bertz CT molecular complexity index is 1310. The van der Waals surface area contributed by atoms with Gasteiger partial charge in [-0.05, 0) is 56.2 Å². The molecule has 8 nitrogen and oxygen atoms in total. The van der Waals surface area contributed by atoms with Crippen LogP contribution in [0.5, 0.6) is 11.6 Å². The third-order valence-corrected chi connectivity index (χ3v) is 5.74. The molecule has 0 spiro atoms. The second-order valence-electron chi connectivity index (χ2n) is 7.83. The average Bonchev–Trinajstić information content (AvgIpc) is 3.46. The highest BCUT2D eigenvalue weighted by atomic mass is 16.5. The Morgan fingerprint density at radius 3 is 2.76 bits per heavy atom. The number of anilines is 1. The molecule has 2 N–H and O–H groups in total. The van der Waals surface area contributed by atoms with Crippen LogP contribution in [0, 0.1) is 0 Å². The molecule has 4 heterocycles. The smallest absolute Gasteiger partial charge is 0.246 e. The van der Waals surface area contributed by atoms with E-state index < -0.39 is 0 Å². The van der Waals surface area contributed by atoms with Gasteiger partial charge in [-0.2, -0.15) is 0 Å². The van der Waals surface area contributed by atoms with E-state index in [2.05, 4.69) is 9.97 Å². The number of imidazole rings is 1. The van der Waals surface area contributed by atoms with Gasteiger partial charge in [-0.15, -0.1) is 0 Å². The minimum atomic E-state index is -0.122. The summed E-state index contributed by atoms with van der Waals surface area (Å²) in [6.45, 7) is 2.55. The Balaban J connectivity index is 1.54. The number of benzene rings is 1. The molecule has 0 saturated carbocycles. The van der Waals surface area contributed by atoms with Gasteiger partial charge in [-0.1, -0.05) is 12.1 Å². The van der Waals surface area contributed by atoms with Crippen molar-refractivity contribution >= 4 is 17.2 Å². The lowest BCUT2D eigenvalue weighted by atomic mass is 10.1. The van der Waals surface area contributed by atoms with Crippen LogP contribution in [0.25, 0.3) is 16.8 Å². The largest absolute Gasteiger partial charge is 0.439 e. The SMILES string of the molecule is C/C=C/C(=O)N1CCC[C@H]1c1nc(-c2ccc(Oc3ccccn3)cc2)c2c(N)nccn12. The Labute approximate surface area is 191 Å². The maximum Gasteiger partial charge on any atom is 0.246 e. The Morgan fingerprint density at radius 2 is 2.00 bits per heavy atom. The molecule has 4 aromatic rings. The van der Waals surface area contributed by atoms with Crippen LogP contribution >= 0.6 is 0 Å². The van der Waals surface area contributed by atoms with Gasteiger partial charge < -0.3 is 15.4 Å². The maximum absolute atomic E-state index is 12.6. The van der Waals surface area contributed by atoms with Gasteiger partial charge in [0.2, 0.25) is 11.8 Å². The van der Waals surface area contributed by atoms with Gasteiger partial charge in [0.1, 0.15) is 28.6 Å². The first-order chi connectivity index (χ1) is 16.2. The van der Waals surface area contributed by atoms with Crippen LogP contribution < -0.4 is 10.5 Å². The summed E-state index contributed by atoms with van der Waals surface area (Å²) in [5.74, 6) is 2.38. The lowest BCUT2D eigenvalue weighted by Crippen LogP contribution is -2.30. The highest BCUT2D eigenvalue weighted by Gasteiger charge is 2.33. The summed E-state index contributed by atoms with van der Waals surface area (Å²) < 4.78 is 7.77. The van der Waals surface area contributed by atoms with Crippen molar-refractivity contribution in [1.82, 2.24) is 24.3 Å². The average molecular weight is 441 g/mol. The molecule has 1 atom stereocenters. The highest BCUT2D eigenvalue weighted by Crippen LogP contribution is 2.37. The van der Waals surface area contributed by atoms with Crippen LogP contribution in [-0.4, -0.2) is 36.7 Å². The first-order valence-electron chi connectivity index (χ1n) is 10.9. The number of nitrogens with zero attached hydrogens (tertiary/aromatic N) is 5. The van der Waals surface area contributed by atoms with Crippen molar-refractivity contribution in [2.24, 2.45) is 0 Å². The first-order valence-corrected chi connectivity index (χ1v) is 10.9. The van der Waals surface area contributed by atoms with Crippen molar-refractivity contribution in [1.29, 1.82) is 0 Å². The molecule has 1 saturated heterocycles. The van der Waals surface area contributed by atoms with Gasteiger partial charge in [0, 0.05) is 36.8 Å². The van der Waals surface area contributed by atoms with Gasteiger partial charge in [0.15, 0.2) is 0 Å². The number of carbonyl (C=O) groups excluding carboxylic acids is 1. The number of aromatic nitrogens is 4. The molecule has 1 aliphatic rings. The Morgan fingerprint density at radius 1 is 1.15 bits per heavy atom. The number of fused-ring (bicyclic) bond motifs is 1. The zero-order chi connectivity index (χ0) is 22.8. The molecule has 1 fully saturated rings. The van der Waals surface area contributed by atoms with E-state index in [0.717, 1.165) is 35.4 Å². The summed E-state index contributed by atoms with van der Waals surface area (Å²) >= 11 is 0. The van der Waals surface area contributed by atoms with E-state index in [1.165, 1.54) is 0 Å². The quantitative estimate of drug-likeness (QED) is 0.462. The van der Waals surface area contributed by atoms with Crippen molar-refractivity contribution in [3.05, 3.63) is 79.0 Å². The van der Waals surface area contributed by atoms with Crippen LogP contribution in [0.2, 0.25) is 0 Å². The predicted molar refractivity (Wildman–Crippen MR) is 126 cm³/mol. The number of nitrogen functional groups attached to an aromatic ring is 1. The number of allylic oxidation sites excluding steroid dienone is 1. The van der Waals surface area contributed by atoms with E-state index in [9.17, 15) is 4.79 Å². The number of ether oxygens (including phenoxy) is 1. The fourth-order valence-corrected chi connectivity index (χ4v) is 4.27. The number of nitrogens with two attached hydrogens (primary N) is 1. The van der Waals surface area contributed by atoms with Crippen molar-refractivity contribution in [3.8, 4) is 22.9 Å². The molecule has 0 bridgehead atoms. The number of hydrogen-bond donors (Lipinski definition) is 1. The summed E-state index contributed by atoms with van der Waals surface area (Å²) in [5, 5.41) is 0. The monoisotopic (exact) mass is 440 g/mol. The zero-order valence-electron chi connectivity index (χ0n) is 18.3. The Kier molecular flexibility index (Phi) is 5.48. The van der Waals surface area contributed by atoms with E-state index in [1.54, 1.807) is 30.6 Å². The number of likely N-dealkylation sites (tertiary alicyclic amines) is 1. The third kappa shape index (κ3) is 3.91. The minimum Gasteiger partial charge on any atom is -0.439 e. The van der Waals surface area contributed by atoms with Crippen molar-refractivity contribution in [2.75, 3.05) is 12.3 Å². The summed E-state index contributed by atoms with van der Waals surface area (Å²) in [6, 6.07) is 13.0. The molecule has 1 amide bonds. The summed E-state index contributed by atoms with van der Waals surface area (Å²) in [5.41, 5.74) is 8.63. The lowest BCUT2D eigenvalue weighted by Gasteiger charge is -2.22. The molecule has 1 aromatic carbocycles. The van der Waals surface area contributed by atoms with E-state index >= 15 is 0 Å². The lowest BCUT2D eigenvalue weighted by molar-refractivity contribution is -0.127. The second kappa shape index (κ2) is 8.74. The maximum atomic E-state index is 12.6. The van der Waals surface area contributed by atoms with E-state index in [1.807, 2.05) is 58.8 Å². The molecule has 0 radical (unpaired) electrons. The van der Waals surface area contributed by atoms with Crippen LogP contribution in [0.3, 0.4) is 0 Å². The molecule has 5 rings (SSSR count). The topological polar surface area (TPSA) is 98.6 Å². The standard InChI is InChI=1S/C25H24N6O2/c1-2-6-21(32)30-15-5-7-19(30)25-29-22(23-24(26)28-14-16-31(23)25)17-9-11-18(12-10-17)33-20-8-3-4-13-27-20/h2-4,6,8-14,16,19H,5,7,15H2,1H3,(H2,26,28)/b6-2+/t19-/m0/s1. The first kappa shape index (κ1) is 20.7. The zero-order valence-corrected chi connectivity index (χ0v) is 18.3. The summed E-state index contributed by atoms with van der Waals surface area (Å²) in [7, 11) is 0. The molecule has 3 aromatic heterocycles. The van der Waals surface area contributed by atoms with Crippen LogP contribution in [0.4, 0.5) is 5.82 Å². The van der Waals surface area contributed by atoms with Gasteiger partial charge in [-0.25, -0.2) is 15.0 Å². The number of rotatable bonds is 5. The molecule has 8 heteroatoms. The number of amides is 1. The molecule has 33 heavy (non-hydrogen) atoms. The number of pyridine rings is 1. The van der Waals surface area contributed by atoms with Crippen molar-refractivity contribution in [3.63, 3.8) is 0 Å². The molecule has 1 aliphatic heterocycles. The van der Waals surface area contributed by atoms with Crippen molar-refractivity contribution in [2.45, 2.75) is 25.8 Å². The molecule has 0 aliphatic carbocycles. The predicted octanol–water partition coefficient (Wildman–Crippen LogP) is 4.41. The van der Waals surface area contributed by atoms with Crippen LogP contribution in [0.1, 0.15) is 31.6 Å². The fraction of sp³-hybridized carbons (Fsp3) is 0.200. The van der Waals surface area contributed by atoms with Crippen LogP contribution in [0.15, 0.2) is 73.2 Å². The third-order valence-electron chi connectivity index (χ3n) is 5.74. The fourth-order valence-electron chi connectivity index (χ4n) is 4.27. The highest BCUT2D eigenvalue weighted by molar-refractivity contribution is 5.88.